The molecule has 2 aliphatic carbocycles. The summed E-state index contributed by atoms with van der Waals surface area (Å²) >= 11 is 0. The second kappa shape index (κ2) is 5.26. The molecule has 1 heterocycles. The van der Waals surface area contributed by atoms with E-state index in [4.69, 9.17) is 11.5 Å². The average Bonchev–Trinajstić information content (AvgIpc) is 3.20. The molecule has 1 amide bonds. The van der Waals surface area contributed by atoms with Crippen molar-refractivity contribution in [3.8, 4) is 0 Å². The monoisotopic (exact) mass is 329 g/mol. The topological polar surface area (TPSA) is 72.3 Å². The highest BCUT2D eigenvalue weighted by Crippen LogP contribution is 2.52. The molecule has 2 fully saturated rings. The number of allylic oxidation sites excluding steroid dienone is 1. The highest BCUT2D eigenvalue weighted by atomic mass is 19.4. The summed E-state index contributed by atoms with van der Waals surface area (Å²) in [4.78, 5) is 13.8. The highest BCUT2D eigenvalue weighted by Gasteiger charge is 2.56. The molecule has 1 saturated heterocycles. The van der Waals surface area contributed by atoms with Crippen molar-refractivity contribution in [3.05, 3.63) is 23.4 Å². The van der Waals surface area contributed by atoms with Gasteiger partial charge in [0.05, 0.1) is 6.04 Å². The number of hydrogen-bond donors (Lipinski definition) is 2. The van der Waals surface area contributed by atoms with E-state index in [1.54, 1.807) is 4.90 Å². The quantitative estimate of drug-likeness (QED) is 0.760. The van der Waals surface area contributed by atoms with Gasteiger partial charge < -0.3 is 16.4 Å². The van der Waals surface area contributed by atoms with Crippen molar-refractivity contribution < 1.29 is 18.0 Å². The molecule has 0 spiro atoms. The Kier molecular flexibility index (Phi) is 3.74. The molecule has 0 radical (unpaired) electrons. The number of rotatable bonds is 2. The van der Waals surface area contributed by atoms with Crippen LogP contribution in [0.25, 0.3) is 0 Å². The van der Waals surface area contributed by atoms with Gasteiger partial charge in [-0.05, 0) is 31.8 Å². The predicted molar refractivity (Wildman–Crippen MR) is 79.9 cm³/mol. The number of nitrogens with zero attached hydrogens (tertiary/aromatic N) is 1. The first-order valence-electron chi connectivity index (χ1n) is 7.95. The van der Waals surface area contributed by atoms with Crippen LogP contribution in [0.3, 0.4) is 0 Å². The standard InChI is InChI=1S/C16H22F3N3O/c1-15(16(17,18)19)6-4-11(20)13(21)12(15)10-5-7-22(8-10)14(23)9-2-3-9/h4,6,9-11H,2-3,5,7-8,20-21H2,1H3. The summed E-state index contributed by atoms with van der Waals surface area (Å²) in [5.41, 5.74) is 9.93. The van der Waals surface area contributed by atoms with Crippen LogP contribution in [-0.2, 0) is 4.79 Å². The third-order valence-electron chi connectivity index (χ3n) is 5.29. The first kappa shape index (κ1) is 16.4. The number of carbonyl (C=O) groups excluding carboxylic acids is 1. The van der Waals surface area contributed by atoms with Gasteiger partial charge in [-0.3, -0.25) is 4.79 Å². The number of alkyl halides is 3. The molecule has 1 aliphatic heterocycles. The highest BCUT2D eigenvalue weighted by molar-refractivity contribution is 5.81. The van der Waals surface area contributed by atoms with Gasteiger partial charge in [-0.2, -0.15) is 13.2 Å². The van der Waals surface area contributed by atoms with Crippen molar-refractivity contribution in [2.45, 2.75) is 38.4 Å². The fourth-order valence-electron chi connectivity index (χ4n) is 3.66. The molecule has 3 rings (SSSR count). The molecule has 4 nitrogen and oxygen atoms in total. The number of nitrogens with two attached hydrogens (primary N) is 2. The van der Waals surface area contributed by atoms with Crippen molar-refractivity contribution in [1.82, 2.24) is 4.90 Å². The molecule has 0 aromatic rings. The van der Waals surface area contributed by atoms with Gasteiger partial charge in [-0.1, -0.05) is 12.2 Å². The number of amides is 1. The van der Waals surface area contributed by atoms with Crippen molar-refractivity contribution in [3.63, 3.8) is 0 Å². The van der Waals surface area contributed by atoms with E-state index in [-0.39, 0.29) is 29.0 Å². The van der Waals surface area contributed by atoms with Crippen LogP contribution < -0.4 is 11.5 Å². The normalized spacial score (nSPS) is 35.1. The largest absolute Gasteiger partial charge is 0.401 e. The molecule has 1 saturated carbocycles. The van der Waals surface area contributed by atoms with Crippen molar-refractivity contribution >= 4 is 5.91 Å². The van der Waals surface area contributed by atoms with Gasteiger partial charge >= 0.3 is 6.18 Å². The zero-order valence-electron chi connectivity index (χ0n) is 13.1. The Morgan fingerprint density at radius 3 is 2.57 bits per heavy atom. The van der Waals surface area contributed by atoms with Gasteiger partial charge in [-0.15, -0.1) is 0 Å². The smallest absolute Gasteiger partial charge is 0.400 e. The van der Waals surface area contributed by atoms with Crippen LogP contribution in [0.15, 0.2) is 23.4 Å². The summed E-state index contributed by atoms with van der Waals surface area (Å²) in [7, 11) is 0. The zero-order valence-corrected chi connectivity index (χ0v) is 13.1. The van der Waals surface area contributed by atoms with Gasteiger partial charge in [-0.25, -0.2) is 0 Å². The Morgan fingerprint density at radius 1 is 1.35 bits per heavy atom. The Labute approximate surface area is 133 Å². The Bertz CT molecular complexity index is 580. The van der Waals surface area contributed by atoms with Gasteiger partial charge in [0.25, 0.3) is 0 Å². The molecule has 23 heavy (non-hydrogen) atoms. The van der Waals surface area contributed by atoms with E-state index < -0.39 is 17.6 Å². The second-order valence-corrected chi connectivity index (χ2v) is 7.00. The number of hydrogen-bond acceptors (Lipinski definition) is 3. The third-order valence-corrected chi connectivity index (χ3v) is 5.29. The van der Waals surface area contributed by atoms with Gasteiger partial charge in [0.1, 0.15) is 5.41 Å². The Morgan fingerprint density at radius 2 is 2.00 bits per heavy atom. The minimum atomic E-state index is -4.45. The maximum absolute atomic E-state index is 13.7. The molecule has 0 aromatic carbocycles. The van der Waals surface area contributed by atoms with Crippen LogP contribution in [0.1, 0.15) is 26.2 Å². The summed E-state index contributed by atoms with van der Waals surface area (Å²) in [6, 6.07) is -0.700. The van der Waals surface area contributed by atoms with E-state index in [9.17, 15) is 18.0 Å². The minimum Gasteiger partial charge on any atom is -0.400 e. The summed E-state index contributed by atoms with van der Waals surface area (Å²) in [6.07, 6.45) is 0.263. The molecule has 3 atom stereocenters. The number of halogens is 3. The van der Waals surface area contributed by atoms with Crippen molar-refractivity contribution in [2.75, 3.05) is 13.1 Å². The predicted octanol–water partition coefficient (Wildman–Crippen LogP) is 1.92. The Balaban J connectivity index is 1.89. The lowest BCUT2D eigenvalue weighted by molar-refractivity contribution is -0.189. The first-order valence-corrected chi connectivity index (χ1v) is 7.95. The maximum atomic E-state index is 13.7. The third kappa shape index (κ3) is 2.65. The van der Waals surface area contributed by atoms with E-state index in [1.807, 2.05) is 0 Å². The summed E-state index contributed by atoms with van der Waals surface area (Å²) in [5.74, 6) is -0.251. The van der Waals surface area contributed by atoms with Crippen LogP contribution in [0, 0.1) is 17.3 Å². The molecule has 0 bridgehead atoms. The van der Waals surface area contributed by atoms with E-state index in [2.05, 4.69) is 0 Å². The van der Waals surface area contributed by atoms with Crippen LogP contribution in [0.2, 0.25) is 0 Å². The lowest BCUT2D eigenvalue weighted by Crippen LogP contribution is -2.45. The molecular weight excluding hydrogens is 307 g/mol. The summed E-state index contributed by atoms with van der Waals surface area (Å²) < 4.78 is 41.0. The van der Waals surface area contributed by atoms with Gasteiger partial charge in [0.15, 0.2) is 0 Å². The average molecular weight is 329 g/mol. The number of carbonyl (C=O) groups is 1. The van der Waals surface area contributed by atoms with E-state index in [0.29, 0.717) is 19.5 Å². The van der Waals surface area contributed by atoms with Gasteiger partial charge in [0.2, 0.25) is 5.91 Å². The summed E-state index contributed by atoms with van der Waals surface area (Å²) in [5, 5.41) is 0. The maximum Gasteiger partial charge on any atom is 0.401 e. The molecule has 3 aliphatic rings. The van der Waals surface area contributed by atoms with Crippen LogP contribution >= 0.6 is 0 Å². The van der Waals surface area contributed by atoms with E-state index >= 15 is 0 Å². The van der Waals surface area contributed by atoms with E-state index in [1.165, 1.54) is 6.08 Å². The second-order valence-electron chi connectivity index (χ2n) is 7.00. The molecular formula is C16H22F3N3O. The Hall–Kier alpha value is -1.50. The van der Waals surface area contributed by atoms with Crippen molar-refractivity contribution in [1.29, 1.82) is 0 Å². The molecule has 3 unspecified atom stereocenters. The molecule has 4 N–H and O–H groups in total. The molecule has 128 valence electrons. The fourth-order valence-corrected chi connectivity index (χ4v) is 3.66. The number of likely N-dealkylation sites (tertiary alicyclic amines) is 1. The first-order chi connectivity index (χ1) is 10.6. The zero-order chi connectivity index (χ0) is 17.0. The van der Waals surface area contributed by atoms with Crippen LogP contribution in [-0.4, -0.2) is 36.1 Å². The SMILES string of the molecule is CC1(C(F)(F)F)C=CC(N)C(N)=C1C1CCN(C(=O)C2CC2)C1. The van der Waals surface area contributed by atoms with E-state index in [0.717, 1.165) is 25.8 Å². The lowest BCUT2D eigenvalue weighted by Gasteiger charge is -2.39. The van der Waals surface area contributed by atoms with Crippen LogP contribution in [0.4, 0.5) is 13.2 Å². The molecule has 0 aromatic heterocycles. The lowest BCUT2D eigenvalue weighted by atomic mass is 9.70. The molecule has 7 heteroatoms. The van der Waals surface area contributed by atoms with Crippen molar-refractivity contribution in [2.24, 2.45) is 28.7 Å². The summed E-state index contributed by atoms with van der Waals surface area (Å²) in [6.45, 7) is 1.93. The minimum absolute atomic E-state index is 0.0658. The van der Waals surface area contributed by atoms with Crippen LogP contribution in [0.5, 0.6) is 0 Å². The fraction of sp³-hybridized carbons (Fsp3) is 0.688. The van der Waals surface area contributed by atoms with Gasteiger partial charge in [0, 0.05) is 30.6 Å².